The number of rotatable bonds is 4. The predicted molar refractivity (Wildman–Crippen MR) is 101 cm³/mol. The van der Waals surface area contributed by atoms with Crippen LogP contribution in [0.2, 0.25) is 5.15 Å². The van der Waals surface area contributed by atoms with Crippen molar-refractivity contribution in [2.24, 2.45) is 0 Å². The van der Waals surface area contributed by atoms with E-state index in [0.29, 0.717) is 22.0 Å². The zero-order valence-corrected chi connectivity index (χ0v) is 15.1. The molecule has 0 atom stereocenters. The lowest BCUT2D eigenvalue weighted by Crippen LogP contribution is -2.09. The number of nitrogens with zero attached hydrogens (tertiary/aromatic N) is 1. The molecule has 0 radical (unpaired) electrons. The summed E-state index contributed by atoms with van der Waals surface area (Å²) in [5.74, 6) is -0.711. The Morgan fingerprint density at radius 2 is 1.96 bits per heavy atom. The summed E-state index contributed by atoms with van der Waals surface area (Å²) in [5, 5.41) is 3.87. The molecule has 0 unspecified atom stereocenters. The van der Waals surface area contributed by atoms with Crippen molar-refractivity contribution < 1.29 is 14.3 Å². The minimum atomic E-state index is -0.503. The Kier molecular flexibility index (Phi) is 5.19. The van der Waals surface area contributed by atoms with Gasteiger partial charge in [-0.1, -0.05) is 29.8 Å². The number of aryl methyl sites for hydroxylation is 1. The Balaban J connectivity index is 1.75. The second-order valence-electron chi connectivity index (χ2n) is 5.97. The van der Waals surface area contributed by atoms with Gasteiger partial charge in [0, 0.05) is 23.6 Å². The second kappa shape index (κ2) is 7.54. The molecular formula is C20H17ClN2O3. The Bertz CT molecular complexity index is 1000. The molecule has 132 valence electrons. The Morgan fingerprint density at radius 1 is 1.15 bits per heavy atom. The molecular weight excluding hydrogens is 352 g/mol. The van der Waals surface area contributed by atoms with Crippen LogP contribution in [0.3, 0.4) is 0 Å². The van der Waals surface area contributed by atoms with Crippen LogP contribution in [0.5, 0.6) is 0 Å². The maximum Gasteiger partial charge on any atom is 0.338 e. The summed E-state index contributed by atoms with van der Waals surface area (Å²) in [6.07, 6.45) is 0. The van der Waals surface area contributed by atoms with E-state index in [0.717, 1.165) is 16.5 Å². The third-order valence-corrected chi connectivity index (χ3v) is 4.10. The molecule has 1 amide bonds. The van der Waals surface area contributed by atoms with Crippen molar-refractivity contribution in [1.82, 2.24) is 4.98 Å². The SMILES string of the molecule is CC(=O)Nc1cccc(C(=O)OCc2cc3ccc(C)cc3nc2Cl)c1. The standard InChI is InChI=1S/C20H17ClN2O3/c1-12-6-7-14-9-16(19(21)23-18(14)8-12)11-26-20(25)15-4-3-5-17(10-15)22-13(2)24/h3-10H,11H2,1-2H3,(H,22,24). The third-order valence-electron chi connectivity index (χ3n) is 3.78. The number of carbonyl (C=O) groups excluding carboxylic acids is 2. The zero-order valence-electron chi connectivity index (χ0n) is 14.4. The van der Waals surface area contributed by atoms with E-state index in [9.17, 15) is 9.59 Å². The van der Waals surface area contributed by atoms with Crippen molar-refractivity contribution in [3.05, 3.63) is 70.4 Å². The summed E-state index contributed by atoms with van der Waals surface area (Å²) in [4.78, 5) is 27.8. The van der Waals surface area contributed by atoms with Gasteiger partial charge in [0.25, 0.3) is 0 Å². The molecule has 0 saturated heterocycles. The summed E-state index contributed by atoms with van der Waals surface area (Å²) in [6, 6.07) is 14.3. The van der Waals surface area contributed by atoms with E-state index in [-0.39, 0.29) is 12.5 Å². The highest BCUT2D eigenvalue weighted by molar-refractivity contribution is 6.30. The minimum Gasteiger partial charge on any atom is -0.457 e. The first-order chi connectivity index (χ1) is 12.4. The number of pyridine rings is 1. The van der Waals surface area contributed by atoms with Gasteiger partial charge in [0.05, 0.1) is 11.1 Å². The summed E-state index contributed by atoms with van der Waals surface area (Å²) in [6.45, 7) is 3.40. The fourth-order valence-corrected chi connectivity index (χ4v) is 2.75. The lowest BCUT2D eigenvalue weighted by atomic mass is 10.1. The highest BCUT2D eigenvalue weighted by Crippen LogP contribution is 2.22. The first-order valence-electron chi connectivity index (χ1n) is 8.03. The number of anilines is 1. The zero-order chi connectivity index (χ0) is 18.7. The highest BCUT2D eigenvalue weighted by atomic mass is 35.5. The van der Waals surface area contributed by atoms with Crippen LogP contribution in [0.1, 0.15) is 28.4 Å². The van der Waals surface area contributed by atoms with Gasteiger partial charge in [-0.05, 0) is 42.8 Å². The summed E-state index contributed by atoms with van der Waals surface area (Å²) >= 11 is 6.22. The molecule has 0 aliphatic rings. The molecule has 0 fully saturated rings. The molecule has 1 heterocycles. The number of carbonyl (C=O) groups is 2. The molecule has 6 heteroatoms. The summed E-state index contributed by atoms with van der Waals surface area (Å²) in [5.41, 5.74) is 3.41. The maximum absolute atomic E-state index is 12.3. The number of halogens is 1. The third kappa shape index (κ3) is 4.18. The van der Waals surface area contributed by atoms with Crippen LogP contribution in [0.15, 0.2) is 48.5 Å². The van der Waals surface area contributed by atoms with Gasteiger partial charge < -0.3 is 10.1 Å². The first-order valence-corrected chi connectivity index (χ1v) is 8.41. The van der Waals surface area contributed by atoms with E-state index in [1.807, 2.05) is 31.2 Å². The largest absolute Gasteiger partial charge is 0.457 e. The van der Waals surface area contributed by atoms with Crippen molar-refractivity contribution in [2.75, 3.05) is 5.32 Å². The molecule has 0 saturated carbocycles. The quantitative estimate of drug-likeness (QED) is 0.543. The van der Waals surface area contributed by atoms with Crippen LogP contribution >= 0.6 is 11.6 Å². The van der Waals surface area contributed by atoms with E-state index in [1.165, 1.54) is 6.92 Å². The molecule has 1 N–H and O–H groups in total. The number of nitrogens with one attached hydrogen (secondary N) is 1. The van der Waals surface area contributed by atoms with Gasteiger partial charge in [-0.25, -0.2) is 9.78 Å². The van der Waals surface area contributed by atoms with Gasteiger partial charge in [0.2, 0.25) is 5.91 Å². The number of hydrogen-bond donors (Lipinski definition) is 1. The lowest BCUT2D eigenvalue weighted by Gasteiger charge is -2.09. The molecule has 0 spiro atoms. The Morgan fingerprint density at radius 3 is 2.73 bits per heavy atom. The van der Waals surface area contributed by atoms with Crippen LogP contribution in [-0.2, 0) is 16.1 Å². The molecule has 5 nitrogen and oxygen atoms in total. The number of esters is 1. The van der Waals surface area contributed by atoms with Gasteiger partial charge in [-0.3, -0.25) is 4.79 Å². The number of hydrogen-bond acceptors (Lipinski definition) is 4. The Labute approximate surface area is 156 Å². The Hall–Kier alpha value is -2.92. The molecule has 2 aromatic carbocycles. The normalized spacial score (nSPS) is 10.6. The van der Waals surface area contributed by atoms with Crippen molar-refractivity contribution in [3.8, 4) is 0 Å². The van der Waals surface area contributed by atoms with E-state index < -0.39 is 5.97 Å². The van der Waals surface area contributed by atoms with Crippen LogP contribution in [0.4, 0.5) is 5.69 Å². The number of aromatic nitrogens is 1. The highest BCUT2D eigenvalue weighted by Gasteiger charge is 2.11. The number of benzene rings is 2. The maximum atomic E-state index is 12.3. The molecule has 1 aromatic heterocycles. The molecule has 0 aliphatic heterocycles. The van der Waals surface area contributed by atoms with Crippen molar-refractivity contribution in [3.63, 3.8) is 0 Å². The van der Waals surface area contributed by atoms with Crippen LogP contribution in [0, 0.1) is 6.92 Å². The van der Waals surface area contributed by atoms with Crippen LogP contribution < -0.4 is 5.32 Å². The number of fused-ring (bicyclic) bond motifs is 1. The van der Waals surface area contributed by atoms with Crippen molar-refractivity contribution >= 4 is 40.1 Å². The molecule has 0 bridgehead atoms. The molecule has 0 aliphatic carbocycles. The monoisotopic (exact) mass is 368 g/mol. The fraction of sp³-hybridized carbons (Fsp3) is 0.150. The predicted octanol–water partition coefficient (Wildman–Crippen LogP) is 4.51. The molecule has 26 heavy (non-hydrogen) atoms. The summed E-state index contributed by atoms with van der Waals surface area (Å²) in [7, 11) is 0. The smallest absolute Gasteiger partial charge is 0.338 e. The molecule has 3 rings (SSSR count). The van der Waals surface area contributed by atoms with Crippen molar-refractivity contribution in [2.45, 2.75) is 20.5 Å². The average Bonchev–Trinajstić information content (AvgIpc) is 2.59. The van der Waals surface area contributed by atoms with Gasteiger partial charge in [-0.15, -0.1) is 0 Å². The number of amides is 1. The van der Waals surface area contributed by atoms with Gasteiger partial charge in [0.15, 0.2) is 0 Å². The average molecular weight is 369 g/mol. The lowest BCUT2D eigenvalue weighted by molar-refractivity contribution is -0.114. The second-order valence-corrected chi connectivity index (χ2v) is 6.33. The van der Waals surface area contributed by atoms with Crippen LogP contribution in [0.25, 0.3) is 10.9 Å². The number of ether oxygens (including phenoxy) is 1. The fourth-order valence-electron chi connectivity index (χ4n) is 2.55. The van der Waals surface area contributed by atoms with E-state index >= 15 is 0 Å². The minimum absolute atomic E-state index is 0.0127. The van der Waals surface area contributed by atoms with E-state index in [1.54, 1.807) is 24.3 Å². The first kappa shape index (κ1) is 17.9. The van der Waals surface area contributed by atoms with Crippen LogP contribution in [-0.4, -0.2) is 16.9 Å². The topological polar surface area (TPSA) is 68.3 Å². The molecule has 3 aromatic rings. The van der Waals surface area contributed by atoms with Gasteiger partial charge >= 0.3 is 5.97 Å². The van der Waals surface area contributed by atoms with Gasteiger partial charge in [0.1, 0.15) is 11.8 Å². The van der Waals surface area contributed by atoms with E-state index in [2.05, 4.69) is 10.3 Å². The van der Waals surface area contributed by atoms with Gasteiger partial charge in [-0.2, -0.15) is 0 Å². The van der Waals surface area contributed by atoms with E-state index in [4.69, 9.17) is 16.3 Å². The summed E-state index contributed by atoms with van der Waals surface area (Å²) < 4.78 is 5.35. The van der Waals surface area contributed by atoms with Crippen molar-refractivity contribution in [1.29, 1.82) is 0 Å².